The maximum absolute atomic E-state index is 13.5. The summed E-state index contributed by atoms with van der Waals surface area (Å²) < 4.78 is 11.2. The Balaban J connectivity index is 0.000000142. The summed E-state index contributed by atoms with van der Waals surface area (Å²) in [6, 6.07) is 73.2. The van der Waals surface area contributed by atoms with Gasteiger partial charge in [0.1, 0.15) is 25.3 Å². The van der Waals surface area contributed by atoms with E-state index in [2.05, 4.69) is 72.6 Å². The molecule has 0 saturated carbocycles. The number of halogens is 4. The molecule has 2 aliphatic rings. The van der Waals surface area contributed by atoms with E-state index < -0.39 is 41.5 Å². The van der Waals surface area contributed by atoms with Gasteiger partial charge in [0.25, 0.3) is 16.7 Å². The summed E-state index contributed by atoms with van der Waals surface area (Å²) in [6.45, 7) is 0.318. The molecule has 0 bridgehead atoms. The highest BCUT2D eigenvalue weighted by molar-refractivity contribution is 6.64. The molecule has 3 atom stereocenters. The number of alkyl carbamates (subject to hydrolysis) is 2. The van der Waals surface area contributed by atoms with E-state index in [4.69, 9.17) is 67.3 Å². The summed E-state index contributed by atoms with van der Waals surface area (Å²) >= 11 is 24.1. The highest BCUT2D eigenvalue weighted by Crippen LogP contribution is 2.46. The summed E-state index contributed by atoms with van der Waals surface area (Å²) in [4.78, 5) is 106. The average molecular weight is 1510 g/mol. The Bertz CT molecular complexity index is 5540. The summed E-state index contributed by atoms with van der Waals surface area (Å²) in [5.41, 5.74) is 24.0. The van der Waals surface area contributed by atoms with Gasteiger partial charge in [-0.3, -0.25) is 28.8 Å². The molecule has 11 N–H and O–H groups in total. The van der Waals surface area contributed by atoms with Crippen LogP contribution in [0.4, 0.5) is 26.7 Å². The summed E-state index contributed by atoms with van der Waals surface area (Å²) in [7, 11) is 0. The summed E-state index contributed by atoms with van der Waals surface area (Å²) in [6.07, 6.45) is 4.29. The molecule has 538 valence electrons. The first kappa shape index (κ1) is 74.6. The van der Waals surface area contributed by atoms with Crippen LogP contribution in [0.2, 0.25) is 15.1 Å². The molecule has 0 spiro atoms. The first-order valence-electron chi connectivity index (χ1n) is 33.9. The summed E-state index contributed by atoms with van der Waals surface area (Å²) in [5.74, 6) is -0.931. The second-order valence-electron chi connectivity index (χ2n) is 25.2. The summed E-state index contributed by atoms with van der Waals surface area (Å²) in [5, 5.41) is 14.7. The molecule has 0 aliphatic heterocycles. The number of H-pyrrole nitrogens is 3. The molecule has 10 aromatic carbocycles. The molecule has 0 fully saturated rings. The Morgan fingerprint density at radius 1 is 0.402 bits per heavy atom. The minimum absolute atomic E-state index is 0.0348. The molecule has 107 heavy (non-hydrogen) atoms. The third-order valence-electron chi connectivity index (χ3n) is 18.2. The first-order chi connectivity index (χ1) is 51.8. The van der Waals surface area contributed by atoms with Crippen molar-refractivity contribution in [3.63, 3.8) is 0 Å². The lowest BCUT2D eigenvalue weighted by molar-refractivity contribution is -0.118. The van der Waals surface area contributed by atoms with E-state index in [1.165, 1.54) is 18.3 Å². The third kappa shape index (κ3) is 18.3. The van der Waals surface area contributed by atoms with E-state index in [1.54, 1.807) is 54.9 Å². The van der Waals surface area contributed by atoms with Crippen LogP contribution in [0.5, 0.6) is 0 Å². The number of hydrogen-bond donors (Lipinski definition) is 9. The smallest absolute Gasteiger partial charge is 0.407 e. The molecular formula is C84H69Cl4N9O10. The van der Waals surface area contributed by atoms with Crippen LogP contribution < -0.4 is 49.4 Å². The lowest BCUT2D eigenvalue weighted by Gasteiger charge is -2.20. The predicted octanol–water partition coefficient (Wildman–Crippen LogP) is 15.6. The van der Waals surface area contributed by atoms with Crippen LogP contribution in [0.3, 0.4) is 0 Å². The van der Waals surface area contributed by atoms with E-state index >= 15 is 0 Å². The molecule has 19 nitrogen and oxygen atoms in total. The maximum Gasteiger partial charge on any atom is 0.407 e. The SMILES string of the molecule is NC(Cc1ccccc1)C(=O)Nc1cc2cc[nH]c(=O)c2cc1Cl.Nc1cc2cc[nH]c(=O)c2cc1Cl.O=C(NC(Cc1ccccc1)C(=O)Cl)OCC1c2ccccc2-c2ccccc21.O=C(NC(Cc1ccccc1)C(=O)Nc1cc2cc[nH]c(=O)c2cc1Cl)OCC1c2ccccc2-c2ccccc21. The van der Waals surface area contributed by atoms with Crippen LogP contribution >= 0.6 is 46.4 Å². The monoisotopic (exact) mass is 1500 g/mol. The second kappa shape index (κ2) is 34.7. The Kier molecular flexibility index (Phi) is 24.2. The number of anilines is 3. The van der Waals surface area contributed by atoms with Gasteiger partial charge in [0.05, 0.1) is 38.2 Å². The number of nitrogens with one attached hydrogen (secondary N) is 7. The molecule has 0 saturated heterocycles. The first-order valence-corrected chi connectivity index (χ1v) is 35.4. The standard InChI is InChI=1S/C33H26ClN3O4.C24H20ClNO3.C18H16ClN3O2.C9H7ClN2O/c34-28-18-26-21(14-15-35-31(26)38)17-29(28)36-32(39)30(16-20-8-2-1-3-9-20)37-33(40)41-19-27-24-12-6-4-10-22(24)23-11-5-7-13-25(23)27;25-23(27)22(14-16-8-2-1-3-9-16)26-24(28)29-15-21-19-12-6-4-10-17(19)18-11-5-7-13-20(18)21;19-14-10-13-12(6-7-21-17(13)23)9-16(14)22-18(24)15(20)8-11-4-2-1-3-5-11;10-7-4-6-5(3-8(7)11)1-2-12-9(6)13/h1-15,17-18,27,30H,16,19H2,(H,35,38)(H,36,39)(H,37,40);1-13,21-22H,14-15H2,(H,26,28);1-7,9-10,15H,8,20H2,(H,21,23)(H,22,24);1-4H,11H2,(H,12,13). The normalized spacial score (nSPS) is 12.5. The highest BCUT2D eigenvalue weighted by atomic mass is 35.5. The van der Waals surface area contributed by atoms with Crippen molar-refractivity contribution >= 4 is 125 Å². The molecule has 15 rings (SSSR count). The van der Waals surface area contributed by atoms with Gasteiger partial charge in [0.15, 0.2) is 0 Å². The topological polar surface area (TPSA) is 303 Å². The largest absolute Gasteiger partial charge is 0.449 e. The van der Waals surface area contributed by atoms with Gasteiger partial charge in [-0.05, 0) is 150 Å². The van der Waals surface area contributed by atoms with Crippen molar-refractivity contribution in [1.29, 1.82) is 0 Å². The Morgan fingerprint density at radius 2 is 0.729 bits per heavy atom. The van der Waals surface area contributed by atoms with Gasteiger partial charge in [-0.15, -0.1) is 0 Å². The fourth-order valence-electron chi connectivity index (χ4n) is 12.9. The fraction of sp³-hybridized carbons (Fsp3) is 0.119. The van der Waals surface area contributed by atoms with Crippen LogP contribution in [0, 0.1) is 0 Å². The number of carbonyl (C=O) groups is 5. The molecule has 2 aliphatic carbocycles. The van der Waals surface area contributed by atoms with E-state index in [-0.39, 0.29) is 59.1 Å². The number of rotatable bonds is 17. The molecule has 23 heteroatoms. The number of amides is 4. The molecule has 3 aromatic heterocycles. The van der Waals surface area contributed by atoms with Crippen molar-refractivity contribution < 1.29 is 33.4 Å². The van der Waals surface area contributed by atoms with Crippen molar-refractivity contribution in [2.45, 2.75) is 49.2 Å². The number of nitrogens with two attached hydrogens (primary N) is 2. The number of aromatic nitrogens is 3. The number of nitrogen functional groups attached to an aromatic ring is 1. The van der Waals surface area contributed by atoms with E-state index in [9.17, 15) is 38.4 Å². The van der Waals surface area contributed by atoms with Gasteiger partial charge in [0, 0.05) is 59.4 Å². The van der Waals surface area contributed by atoms with Crippen molar-refractivity contribution in [3.05, 3.63) is 346 Å². The van der Waals surface area contributed by atoms with Crippen molar-refractivity contribution in [2.75, 3.05) is 29.6 Å². The molecule has 13 aromatic rings. The fourth-order valence-corrected chi connectivity index (χ4v) is 13.6. The molecule has 0 radical (unpaired) electrons. The second-order valence-corrected chi connectivity index (χ2v) is 26.8. The van der Waals surface area contributed by atoms with Gasteiger partial charge in [-0.2, -0.15) is 0 Å². The Morgan fingerprint density at radius 3 is 1.12 bits per heavy atom. The van der Waals surface area contributed by atoms with E-state index in [0.29, 0.717) is 66.9 Å². The number of ether oxygens (including phenoxy) is 2. The predicted molar refractivity (Wildman–Crippen MR) is 424 cm³/mol. The van der Waals surface area contributed by atoms with Crippen LogP contribution in [-0.4, -0.2) is 75.5 Å². The minimum Gasteiger partial charge on any atom is -0.449 e. The quantitative estimate of drug-likeness (QED) is 0.0304. The minimum atomic E-state index is -0.945. The molecule has 3 heterocycles. The number of fused-ring (bicyclic) bond motifs is 9. The zero-order valence-corrected chi connectivity index (χ0v) is 60.0. The van der Waals surface area contributed by atoms with Crippen molar-refractivity contribution in [2.24, 2.45) is 5.73 Å². The van der Waals surface area contributed by atoms with Crippen molar-refractivity contribution in [1.82, 2.24) is 25.6 Å². The van der Waals surface area contributed by atoms with Gasteiger partial charge >= 0.3 is 12.2 Å². The van der Waals surface area contributed by atoms with Gasteiger partial charge in [-0.25, -0.2) is 9.59 Å². The van der Waals surface area contributed by atoms with Gasteiger partial charge < -0.3 is 57.2 Å². The van der Waals surface area contributed by atoms with Crippen molar-refractivity contribution in [3.8, 4) is 22.3 Å². The molecule has 3 unspecified atom stereocenters. The number of aromatic amines is 3. The maximum atomic E-state index is 13.5. The van der Waals surface area contributed by atoms with E-state index in [0.717, 1.165) is 66.6 Å². The Labute approximate surface area is 633 Å². The number of carbonyl (C=O) groups excluding carboxylic acids is 5. The third-order valence-corrected chi connectivity index (χ3v) is 19.4. The van der Waals surface area contributed by atoms with Gasteiger partial charge in [-0.1, -0.05) is 223 Å². The lowest BCUT2D eigenvalue weighted by atomic mass is 9.98. The van der Waals surface area contributed by atoms with Gasteiger partial charge in [0.2, 0.25) is 17.1 Å². The van der Waals surface area contributed by atoms with Crippen LogP contribution in [0.25, 0.3) is 54.6 Å². The number of pyridine rings is 3. The molecular weight excluding hydrogens is 1440 g/mol. The Hall–Kier alpha value is -12.1. The lowest BCUT2D eigenvalue weighted by Crippen LogP contribution is -2.45. The zero-order valence-electron chi connectivity index (χ0n) is 57.0. The number of benzene rings is 10. The highest BCUT2D eigenvalue weighted by Gasteiger charge is 2.32. The van der Waals surface area contributed by atoms with E-state index in [1.807, 2.05) is 152 Å². The van der Waals surface area contributed by atoms with Crippen LogP contribution in [0.1, 0.15) is 50.8 Å². The zero-order chi connectivity index (χ0) is 75.1. The average Bonchev–Trinajstić information content (AvgIpc) is 1.68. The van der Waals surface area contributed by atoms with Crippen LogP contribution in [-0.2, 0) is 43.1 Å². The van der Waals surface area contributed by atoms with Crippen LogP contribution in [0.15, 0.2) is 276 Å². The molecule has 4 amide bonds. The number of hydrogen-bond acceptors (Lipinski definition) is 12.